The Morgan fingerprint density at radius 2 is 2.08 bits per heavy atom. The number of aryl methyl sites for hydroxylation is 1. The van der Waals surface area contributed by atoms with E-state index in [1.54, 1.807) is 30.8 Å². The smallest absolute Gasteiger partial charge is 0.132 e. The first-order chi connectivity index (χ1) is 11.6. The molecule has 0 aliphatic heterocycles. The standard InChI is InChI=1S/C18H22N4O2/c1-13(10-16(23)17-4-3-9-24-17)20-11-15-12-22(2)21-18(15)14-5-7-19-8-6-14/h3-9,12-13,16,20,23H,10-11H2,1-2H3. The van der Waals surface area contributed by atoms with Crippen LogP contribution in [0.1, 0.15) is 30.8 Å². The summed E-state index contributed by atoms with van der Waals surface area (Å²) >= 11 is 0. The number of pyridine rings is 1. The summed E-state index contributed by atoms with van der Waals surface area (Å²) in [6.45, 7) is 2.73. The molecule has 0 radical (unpaired) electrons. The number of aliphatic hydroxyl groups is 1. The minimum absolute atomic E-state index is 0.135. The fourth-order valence-corrected chi connectivity index (χ4v) is 2.72. The van der Waals surface area contributed by atoms with E-state index in [-0.39, 0.29) is 6.04 Å². The maximum absolute atomic E-state index is 10.2. The van der Waals surface area contributed by atoms with Gasteiger partial charge in [-0.3, -0.25) is 9.67 Å². The molecule has 3 rings (SSSR count). The molecule has 0 amide bonds. The van der Waals surface area contributed by atoms with E-state index in [0.29, 0.717) is 18.7 Å². The lowest BCUT2D eigenvalue weighted by Gasteiger charge is -2.16. The molecule has 2 N–H and O–H groups in total. The van der Waals surface area contributed by atoms with E-state index in [0.717, 1.165) is 16.8 Å². The molecule has 0 aliphatic rings. The Hall–Kier alpha value is -2.44. The molecule has 3 aromatic heterocycles. The minimum atomic E-state index is -0.601. The molecular weight excluding hydrogens is 304 g/mol. The Labute approximate surface area is 141 Å². The van der Waals surface area contributed by atoms with Crippen LogP contribution in [0.3, 0.4) is 0 Å². The van der Waals surface area contributed by atoms with Crippen molar-refractivity contribution < 1.29 is 9.52 Å². The number of aromatic nitrogens is 3. The summed E-state index contributed by atoms with van der Waals surface area (Å²) in [4.78, 5) is 4.05. The lowest BCUT2D eigenvalue weighted by atomic mass is 10.1. The van der Waals surface area contributed by atoms with Crippen molar-refractivity contribution in [3.63, 3.8) is 0 Å². The van der Waals surface area contributed by atoms with Gasteiger partial charge in [0.1, 0.15) is 11.9 Å². The van der Waals surface area contributed by atoms with E-state index in [4.69, 9.17) is 4.42 Å². The summed E-state index contributed by atoms with van der Waals surface area (Å²) in [6.07, 6.45) is 7.10. The van der Waals surface area contributed by atoms with Crippen LogP contribution in [0.25, 0.3) is 11.3 Å². The summed E-state index contributed by atoms with van der Waals surface area (Å²) in [5.41, 5.74) is 3.11. The molecule has 0 bridgehead atoms. The van der Waals surface area contributed by atoms with Crippen LogP contribution in [0, 0.1) is 0 Å². The molecule has 2 atom stereocenters. The van der Waals surface area contributed by atoms with Crippen molar-refractivity contribution in [2.75, 3.05) is 0 Å². The van der Waals surface area contributed by atoms with Crippen molar-refractivity contribution in [2.24, 2.45) is 7.05 Å². The Balaban J connectivity index is 1.62. The number of furan rings is 1. The van der Waals surface area contributed by atoms with Gasteiger partial charge in [-0.25, -0.2) is 0 Å². The summed E-state index contributed by atoms with van der Waals surface area (Å²) < 4.78 is 7.06. The van der Waals surface area contributed by atoms with E-state index >= 15 is 0 Å². The van der Waals surface area contributed by atoms with E-state index in [2.05, 4.69) is 22.3 Å². The first kappa shape index (κ1) is 16.4. The van der Waals surface area contributed by atoms with E-state index in [1.807, 2.05) is 30.1 Å². The van der Waals surface area contributed by atoms with Gasteiger partial charge in [0.05, 0.1) is 12.0 Å². The van der Waals surface area contributed by atoms with Gasteiger partial charge in [0.15, 0.2) is 0 Å². The number of hydrogen-bond donors (Lipinski definition) is 2. The number of aliphatic hydroxyl groups excluding tert-OH is 1. The average molecular weight is 326 g/mol. The van der Waals surface area contributed by atoms with Crippen molar-refractivity contribution in [3.8, 4) is 11.3 Å². The normalized spacial score (nSPS) is 13.8. The van der Waals surface area contributed by atoms with Crippen LogP contribution in [0.2, 0.25) is 0 Å². The van der Waals surface area contributed by atoms with Gasteiger partial charge in [-0.2, -0.15) is 5.10 Å². The first-order valence-corrected chi connectivity index (χ1v) is 8.01. The molecule has 0 aliphatic carbocycles. The second-order valence-corrected chi connectivity index (χ2v) is 5.96. The molecule has 2 unspecified atom stereocenters. The largest absolute Gasteiger partial charge is 0.467 e. The van der Waals surface area contributed by atoms with Crippen LogP contribution in [0.15, 0.2) is 53.5 Å². The number of nitrogens with one attached hydrogen (secondary N) is 1. The molecule has 0 fully saturated rings. The van der Waals surface area contributed by atoms with Gasteiger partial charge in [0.2, 0.25) is 0 Å². The third-order valence-corrected chi connectivity index (χ3v) is 3.95. The highest BCUT2D eigenvalue weighted by atomic mass is 16.4. The monoisotopic (exact) mass is 326 g/mol. The van der Waals surface area contributed by atoms with Gasteiger partial charge in [0, 0.05) is 49.4 Å². The number of nitrogens with zero attached hydrogens (tertiary/aromatic N) is 3. The minimum Gasteiger partial charge on any atom is -0.467 e. The summed E-state index contributed by atoms with van der Waals surface area (Å²) in [7, 11) is 1.91. The molecule has 3 aromatic rings. The quantitative estimate of drug-likeness (QED) is 0.698. The molecule has 0 spiro atoms. The highest BCUT2D eigenvalue weighted by molar-refractivity contribution is 5.61. The van der Waals surface area contributed by atoms with E-state index in [1.165, 1.54) is 0 Å². The first-order valence-electron chi connectivity index (χ1n) is 8.01. The molecule has 0 aromatic carbocycles. The van der Waals surface area contributed by atoms with E-state index < -0.39 is 6.10 Å². The molecule has 126 valence electrons. The zero-order valence-corrected chi connectivity index (χ0v) is 13.9. The van der Waals surface area contributed by atoms with Gasteiger partial charge in [-0.05, 0) is 37.6 Å². The van der Waals surface area contributed by atoms with Crippen molar-refractivity contribution >= 4 is 0 Å². The second kappa shape index (κ2) is 7.42. The predicted octanol–water partition coefficient (Wildman–Crippen LogP) is 2.68. The highest BCUT2D eigenvalue weighted by Crippen LogP contribution is 2.22. The summed E-state index contributed by atoms with van der Waals surface area (Å²) in [5, 5.41) is 18.1. The van der Waals surface area contributed by atoms with Gasteiger partial charge >= 0.3 is 0 Å². The van der Waals surface area contributed by atoms with Crippen LogP contribution >= 0.6 is 0 Å². The lowest BCUT2D eigenvalue weighted by molar-refractivity contribution is 0.128. The van der Waals surface area contributed by atoms with Gasteiger partial charge in [-0.1, -0.05) is 0 Å². The number of rotatable bonds is 7. The molecular formula is C18H22N4O2. The number of hydrogen-bond acceptors (Lipinski definition) is 5. The maximum atomic E-state index is 10.2. The average Bonchev–Trinajstić information content (AvgIpc) is 3.23. The predicted molar refractivity (Wildman–Crippen MR) is 91.0 cm³/mol. The van der Waals surface area contributed by atoms with E-state index in [9.17, 15) is 5.11 Å². The van der Waals surface area contributed by atoms with Gasteiger partial charge in [-0.15, -0.1) is 0 Å². The molecule has 3 heterocycles. The Morgan fingerprint density at radius 1 is 1.29 bits per heavy atom. The van der Waals surface area contributed by atoms with Gasteiger partial charge in [0.25, 0.3) is 0 Å². The SMILES string of the molecule is CC(CC(O)c1ccco1)NCc1cn(C)nc1-c1ccncc1. The molecule has 0 saturated heterocycles. The van der Waals surface area contributed by atoms with Crippen LogP contribution in [-0.4, -0.2) is 25.9 Å². The third kappa shape index (κ3) is 3.90. The van der Waals surface area contributed by atoms with Crippen molar-refractivity contribution in [2.45, 2.75) is 32.0 Å². The Bertz CT molecular complexity index is 753. The molecule has 0 saturated carbocycles. The van der Waals surface area contributed by atoms with Crippen molar-refractivity contribution in [1.29, 1.82) is 0 Å². The molecule has 24 heavy (non-hydrogen) atoms. The van der Waals surface area contributed by atoms with Crippen LogP contribution in [-0.2, 0) is 13.6 Å². The van der Waals surface area contributed by atoms with Gasteiger partial charge < -0.3 is 14.8 Å². The van der Waals surface area contributed by atoms with Crippen molar-refractivity contribution in [1.82, 2.24) is 20.1 Å². The van der Waals surface area contributed by atoms with Crippen LogP contribution in [0.5, 0.6) is 0 Å². The Kier molecular flexibility index (Phi) is 5.08. The Morgan fingerprint density at radius 3 is 2.79 bits per heavy atom. The topological polar surface area (TPSA) is 76.1 Å². The fraction of sp³-hybridized carbons (Fsp3) is 0.333. The molecule has 6 heteroatoms. The summed E-state index contributed by atoms with van der Waals surface area (Å²) in [6, 6.07) is 7.62. The molecule has 6 nitrogen and oxygen atoms in total. The highest BCUT2D eigenvalue weighted by Gasteiger charge is 2.16. The zero-order chi connectivity index (χ0) is 16.9. The third-order valence-electron chi connectivity index (χ3n) is 3.95. The van der Waals surface area contributed by atoms with Crippen molar-refractivity contribution in [3.05, 3.63) is 60.4 Å². The van der Waals surface area contributed by atoms with Crippen LogP contribution in [0.4, 0.5) is 0 Å². The summed E-state index contributed by atoms with van der Waals surface area (Å²) in [5.74, 6) is 0.600. The lowest BCUT2D eigenvalue weighted by Crippen LogP contribution is -2.27. The fourth-order valence-electron chi connectivity index (χ4n) is 2.72. The maximum Gasteiger partial charge on any atom is 0.132 e. The van der Waals surface area contributed by atoms with Crippen LogP contribution < -0.4 is 5.32 Å². The zero-order valence-electron chi connectivity index (χ0n) is 13.9. The second-order valence-electron chi connectivity index (χ2n) is 5.96.